The Morgan fingerprint density at radius 3 is 2.70 bits per heavy atom. The highest BCUT2D eigenvalue weighted by Gasteiger charge is 2.17. The molecule has 3 N–H and O–H groups in total. The van der Waals surface area contributed by atoms with Crippen LogP contribution in [-0.2, 0) is 16.6 Å². The molecule has 2 rings (SSSR count). The highest BCUT2D eigenvalue weighted by atomic mass is 16.3. The molecule has 1 aromatic carbocycles. The smallest absolute Gasteiger partial charge is 0.309 e. The molecule has 1 heterocycles. The standard InChI is InChI=1S/C14H17N3O3/c1-15-13(19)14(20)16-7-12(18)10-8-17(2)11-6-4-3-5-9(10)11/h3-6,8,12,18H,7H2,1-2H3,(H,15,19)(H,16,20)/t12-/m1/s1. The lowest BCUT2D eigenvalue weighted by Gasteiger charge is -2.10. The number of nitrogens with one attached hydrogen (secondary N) is 2. The van der Waals surface area contributed by atoms with Crippen molar-refractivity contribution >= 4 is 22.7 Å². The van der Waals surface area contributed by atoms with Gasteiger partial charge in [-0.05, 0) is 6.07 Å². The summed E-state index contributed by atoms with van der Waals surface area (Å²) in [4.78, 5) is 22.4. The van der Waals surface area contributed by atoms with Crippen LogP contribution in [0, 0.1) is 0 Å². The fourth-order valence-corrected chi connectivity index (χ4v) is 2.13. The van der Waals surface area contributed by atoms with E-state index in [4.69, 9.17) is 0 Å². The highest BCUT2D eigenvalue weighted by Crippen LogP contribution is 2.25. The van der Waals surface area contributed by atoms with Gasteiger partial charge in [-0.25, -0.2) is 0 Å². The number of carbonyl (C=O) groups excluding carboxylic acids is 2. The number of carbonyl (C=O) groups is 2. The van der Waals surface area contributed by atoms with Gasteiger partial charge >= 0.3 is 11.8 Å². The van der Waals surface area contributed by atoms with Crippen LogP contribution in [0.1, 0.15) is 11.7 Å². The first-order valence-corrected chi connectivity index (χ1v) is 6.26. The van der Waals surface area contributed by atoms with Crippen LogP contribution in [0.4, 0.5) is 0 Å². The van der Waals surface area contributed by atoms with Crippen molar-refractivity contribution in [2.45, 2.75) is 6.10 Å². The zero-order chi connectivity index (χ0) is 14.7. The van der Waals surface area contributed by atoms with E-state index in [2.05, 4.69) is 10.6 Å². The molecule has 0 bridgehead atoms. The van der Waals surface area contributed by atoms with Gasteiger partial charge in [0.25, 0.3) is 0 Å². The van der Waals surface area contributed by atoms with Gasteiger partial charge < -0.3 is 20.3 Å². The highest BCUT2D eigenvalue weighted by molar-refractivity contribution is 6.35. The predicted molar refractivity (Wildman–Crippen MR) is 75.0 cm³/mol. The lowest BCUT2D eigenvalue weighted by atomic mass is 10.1. The number of aliphatic hydroxyl groups excluding tert-OH is 1. The molecule has 1 atom stereocenters. The maximum absolute atomic E-state index is 11.3. The first kappa shape index (κ1) is 14.1. The van der Waals surface area contributed by atoms with Gasteiger partial charge in [-0.3, -0.25) is 9.59 Å². The van der Waals surface area contributed by atoms with Crippen LogP contribution in [0.2, 0.25) is 0 Å². The van der Waals surface area contributed by atoms with Crippen molar-refractivity contribution in [2.24, 2.45) is 7.05 Å². The van der Waals surface area contributed by atoms with Crippen molar-refractivity contribution in [3.8, 4) is 0 Å². The van der Waals surface area contributed by atoms with Crippen LogP contribution in [0.15, 0.2) is 30.5 Å². The zero-order valence-corrected chi connectivity index (χ0v) is 11.4. The normalized spacial score (nSPS) is 12.2. The van der Waals surface area contributed by atoms with Crippen LogP contribution >= 0.6 is 0 Å². The van der Waals surface area contributed by atoms with E-state index in [0.29, 0.717) is 0 Å². The van der Waals surface area contributed by atoms with Crippen LogP contribution in [0.25, 0.3) is 10.9 Å². The number of hydrogen-bond acceptors (Lipinski definition) is 3. The molecule has 0 aliphatic rings. The summed E-state index contributed by atoms with van der Waals surface area (Å²) < 4.78 is 1.91. The minimum Gasteiger partial charge on any atom is -0.386 e. The molecule has 0 radical (unpaired) electrons. The number of fused-ring (bicyclic) bond motifs is 1. The molecular formula is C14H17N3O3. The third kappa shape index (κ3) is 2.65. The summed E-state index contributed by atoms with van der Waals surface area (Å²) in [6.07, 6.45) is 0.955. The molecule has 0 aliphatic carbocycles. The van der Waals surface area contributed by atoms with E-state index in [1.165, 1.54) is 7.05 Å². The van der Waals surface area contributed by atoms with Gasteiger partial charge in [-0.15, -0.1) is 0 Å². The van der Waals surface area contributed by atoms with Crippen LogP contribution in [0.3, 0.4) is 0 Å². The number of nitrogens with zero attached hydrogens (tertiary/aromatic N) is 1. The first-order valence-electron chi connectivity index (χ1n) is 6.26. The van der Waals surface area contributed by atoms with Crippen molar-refractivity contribution in [2.75, 3.05) is 13.6 Å². The predicted octanol–water partition coefficient (Wildman–Crippen LogP) is 0.0739. The summed E-state index contributed by atoms with van der Waals surface area (Å²) in [6.45, 7) is -0.0136. The largest absolute Gasteiger partial charge is 0.386 e. The monoisotopic (exact) mass is 275 g/mol. The third-order valence-corrected chi connectivity index (χ3v) is 3.18. The maximum atomic E-state index is 11.3. The van der Waals surface area contributed by atoms with Crippen molar-refractivity contribution in [3.05, 3.63) is 36.0 Å². The van der Waals surface area contributed by atoms with E-state index in [9.17, 15) is 14.7 Å². The Kier molecular flexibility index (Phi) is 4.05. The molecule has 0 fully saturated rings. The average Bonchev–Trinajstić information content (AvgIpc) is 2.81. The number of aliphatic hydroxyl groups is 1. The molecule has 2 amide bonds. The number of para-hydroxylation sites is 1. The van der Waals surface area contributed by atoms with E-state index in [1.807, 2.05) is 42.1 Å². The molecule has 6 heteroatoms. The summed E-state index contributed by atoms with van der Waals surface area (Å²) >= 11 is 0. The Bertz CT molecular complexity index is 648. The minimum absolute atomic E-state index is 0.0136. The quantitative estimate of drug-likeness (QED) is 0.693. The van der Waals surface area contributed by atoms with E-state index in [-0.39, 0.29) is 6.54 Å². The molecule has 0 saturated carbocycles. The molecule has 20 heavy (non-hydrogen) atoms. The van der Waals surface area contributed by atoms with Gasteiger partial charge in [0.05, 0.1) is 6.10 Å². The molecule has 2 aromatic rings. The Morgan fingerprint density at radius 2 is 2.00 bits per heavy atom. The number of likely N-dealkylation sites (N-methyl/N-ethyl adjacent to an activating group) is 1. The molecular weight excluding hydrogens is 258 g/mol. The first-order chi connectivity index (χ1) is 9.54. The third-order valence-electron chi connectivity index (χ3n) is 3.18. The lowest BCUT2D eigenvalue weighted by molar-refractivity contribution is -0.139. The second-order valence-electron chi connectivity index (χ2n) is 4.52. The fraction of sp³-hybridized carbons (Fsp3) is 0.286. The average molecular weight is 275 g/mol. The second kappa shape index (κ2) is 5.75. The second-order valence-corrected chi connectivity index (χ2v) is 4.52. The maximum Gasteiger partial charge on any atom is 0.309 e. The molecule has 0 spiro atoms. The van der Waals surface area contributed by atoms with Crippen molar-refractivity contribution < 1.29 is 14.7 Å². The van der Waals surface area contributed by atoms with Gasteiger partial charge in [-0.2, -0.15) is 0 Å². The fourth-order valence-electron chi connectivity index (χ4n) is 2.13. The van der Waals surface area contributed by atoms with Crippen LogP contribution in [0.5, 0.6) is 0 Å². The van der Waals surface area contributed by atoms with Crippen molar-refractivity contribution in [3.63, 3.8) is 0 Å². The van der Waals surface area contributed by atoms with E-state index in [0.717, 1.165) is 16.5 Å². The molecule has 106 valence electrons. The number of aryl methyl sites for hydroxylation is 1. The summed E-state index contributed by atoms with van der Waals surface area (Å²) in [6, 6.07) is 7.68. The van der Waals surface area contributed by atoms with Gasteiger partial charge in [0, 0.05) is 43.3 Å². The minimum atomic E-state index is -0.866. The summed E-state index contributed by atoms with van der Waals surface area (Å²) in [5, 5.41) is 15.7. The molecule has 6 nitrogen and oxygen atoms in total. The molecule has 0 unspecified atom stereocenters. The SMILES string of the molecule is CNC(=O)C(=O)NC[C@@H](O)c1cn(C)c2ccccc12. The summed E-state index contributed by atoms with van der Waals surface area (Å²) in [5.74, 6) is -1.48. The molecule has 0 aliphatic heterocycles. The number of hydrogen-bond donors (Lipinski definition) is 3. The lowest BCUT2D eigenvalue weighted by Crippen LogP contribution is -2.39. The van der Waals surface area contributed by atoms with Gasteiger partial charge in [0.2, 0.25) is 0 Å². The molecule has 1 aromatic heterocycles. The van der Waals surface area contributed by atoms with Gasteiger partial charge in [0.1, 0.15) is 0 Å². The van der Waals surface area contributed by atoms with Gasteiger partial charge in [-0.1, -0.05) is 18.2 Å². The van der Waals surface area contributed by atoms with Crippen LogP contribution < -0.4 is 10.6 Å². The Balaban J connectivity index is 2.14. The number of amides is 2. The van der Waals surface area contributed by atoms with Crippen molar-refractivity contribution in [1.82, 2.24) is 15.2 Å². The summed E-state index contributed by atoms with van der Waals surface area (Å²) in [5.41, 5.74) is 1.72. The number of rotatable bonds is 3. The zero-order valence-electron chi connectivity index (χ0n) is 11.4. The van der Waals surface area contributed by atoms with E-state index < -0.39 is 17.9 Å². The number of aromatic nitrogens is 1. The Hall–Kier alpha value is -2.34. The topological polar surface area (TPSA) is 83.4 Å². The Labute approximate surface area is 116 Å². The van der Waals surface area contributed by atoms with Crippen molar-refractivity contribution in [1.29, 1.82) is 0 Å². The summed E-state index contributed by atoms with van der Waals surface area (Å²) in [7, 11) is 3.27. The number of benzene rings is 1. The van der Waals surface area contributed by atoms with Gasteiger partial charge in [0.15, 0.2) is 0 Å². The molecule has 0 saturated heterocycles. The van der Waals surface area contributed by atoms with Crippen LogP contribution in [-0.4, -0.2) is 35.1 Å². The van der Waals surface area contributed by atoms with E-state index in [1.54, 1.807) is 0 Å². The van der Waals surface area contributed by atoms with E-state index >= 15 is 0 Å². The Morgan fingerprint density at radius 1 is 1.30 bits per heavy atom.